The molecule has 0 saturated heterocycles. The van der Waals surface area contributed by atoms with Crippen LogP contribution in [0.3, 0.4) is 0 Å². The van der Waals surface area contributed by atoms with Crippen molar-refractivity contribution in [1.29, 1.82) is 0 Å². The van der Waals surface area contributed by atoms with Crippen molar-refractivity contribution in [3.8, 4) is 0 Å². The van der Waals surface area contributed by atoms with E-state index in [1.165, 1.54) is 0 Å². The number of Topliss-reactive ketones (excluding diaryl/α,β-unsaturated/α-hetero) is 1. The lowest BCUT2D eigenvalue weighted by molar-refractivity contribution is -0.141. The van der Waals surface area contributed by atoms with E-state index in [0.717, 1.165) is 12.1 Å². The Morgan fingerprint density at radius 3 is 2.22 bits per heavy atom. The molecule has 18 heavy (non-hydrogen) atoms. The van der Waals surface area contributed by atoms with Gasteiger partial charge >= 0.3 is 6.18 Å². The molecule has 2 nitrogen and oxygen atoms in total. The van der Waals surface area contributed by atoms with Gasteiger partial charge in [-0.3, -0.25) is 4.79 Å². The molecular weight excluding hydrogens is 267 g/mol. The molecule has 0 radical (unpaired) electrons. The van der Waals surface area contributed by atoms with Gasteiger partial charge in [-0.05, 0) is 18.1 Å². The number of nitrogens with zero attached hydrogens (tertiary/aromatic N) is 1. The summed E-state index contributed by atoms with van der Waals surface area (Å²) >= 11 is 5.65. The fourth-order valence-corrected chi connectivity index (χ4v) is 1.57. The molecule has 0 aliphatic rings. The van der Waals surface area contributed by atoms with Crippen molar-refractivity contribution in [2.75, 3.05) is 0 Å². The van der Waals surface area contributed by atoms with Crippen LogP contribution in [0.1, 0.15) is 36.8 Å². The third-order valence-electron chi connectivity index (χ3n) is 2.82. The molecule has 1 rings (SSSR count). The number of halogens is 4. The van der Waals surface area contributed by atoms with E-state index in [0.29, 0.717) is 0 Å². The Kier molecular flexibility index (Phi) is 4.37. The monoisotopic (exact) mass is 279 g/mol. The fourth-order valence-electron chi connectivity index (χ4n) is 1.32. The number of pyridine rings is 1. The lowest BCUT2D eigenvalue weighted by Gasteiger charge is -2.15. The van der Waals surface area contributed by atoms with E-state index in [9.17, 15) is 18.0 Å². The summed E-state index contributed by atoms with van der Waals surface area (Å²) in [6.45, 7) is 5.42. The van der Waals surface area contributed by atoms with Gasteiger partial charge in [-0.2, -0.15) is 13.2 Å². The fraction of sp³-hybridized carbons (Fsp3) is 0.500. The van der Waals surface area contributed by atoms with Crippen LogP contribution in [-0.4, -0.2) is 10.8 Å². The maximum atomic E-state index is 12.4. The smallest absolute Gasteiger partial charge is 0.294 e. The van der Waals surface area contributed by atoms with E-state index < -0.39 is 17.0 Å². The molecular formula is C12H13ClF3NO. The topological polar surface area (TPSA) is 30.0 Å². The highest BCUT2D eigenvalue weighted by Gasteiger charge is 2.33. The van der Waals surface area contributed by atoms with Crippen LogP contribution in [0.5, 0.6) is 0 Å². The third kappa shape index (κ3) is 3.22. The van der Waals surface area contributed by atoms with Crippen LogP contribution < -0.4 is 0 Å². The van der Waals surface area contributed by atoms with Gasteiger partial charge in [0.15, 0.2) is 5.78 Å². The van der Waals surface area contributed by atoms with Crippen LogP contribution >= 0.6 is 11.6 Å². The first-order valence-corrected chi connectivity index (χ1v) is 5.80. The standard InChI is InChI=1S/C12H13ClF3NO/c1-6(2)7(3)10(18)8-4-5-9(12(14,15)16)17-11(8)13/h4-7H,1-3H3. The minimum atomic E-state index is -4.56. The molecule has 0 saturated carbocycles. The summed E-state index contributed by atoms with van der Waals surface area (Å²) < 4.78 is 37.1. The van der Waals surface area contributed by atoms with Crippen LogP contribution in [0.15, 0.2) is 12.1 Å². The van der Waals surface area contributed by atoms with Crippen LogP contribution in [0.2, 0.25) is 5.15 Å². The first kappa shape index (κ1) is 15.0. The summed E-state index contributed by atoms with van der Waals surface area (Å²) in [5.41, 5.74) is -1.06. The highest BCUT2D eigenvalue weighted by atomic mass is 35.5. The van der Waals surface area contributed by atoms with E-state index in [2.05, 4.69) is 4.98 Å². The van der Waals surface area contributed by atoms with E-state index >= 15 is 0 Å². The van der Waals surface area contributed by atoms with E-state index in [1.54, 1.807) is 6.92 Å². The molecule has 0 aliphatic carbocycles. The maximum absolute atomic E-state index is 12.4. The number of aromatic nitrogens is 1. The van der Waals surface area contributed by atoms with Gasteiger partial charge in [0, 0.05) is 5.92 Å². The molecule has 0 fully saturated rings. The molecule has 0 spiro atoms. The average Bonchev–Trinajstić information content (AvgIpc) is 2.25. The van der Waals surface area contributed by atoms with Crippen molar-refractivity contribution in [2.24, 2.45) is 11.8 Å². The number of hydrogen-bond donors (Lipinski definition) is 0. The largest absolute Gasteiger partial charge is 0.433 e. The van der Waals surface area contributed by atoms with E-state index in [-0.39, 0.29) is 23.2 Å². The summed E-state index contributed by atoms with van der Waals surface area (Å²) in [5, 5.41) is -0.401. The second kappa shape index (κ2) is 5.26. The first-order chi connectivity index (χ1) is 8.14. The molecule has 1 unspecified atom stereocenters. The molecule has 0 bridgehead atoms. The second-order valence-corrected chi connectivity index (χ2v) is 4.79. The summed E-state index contributed by atoms with van der Waals surface area (Å²) in [6, 6.07) is 1.85. The number of rotatable bonds is 3. The molecule has 1 aromatic heterocycles. The highest BCUT2D eigenvalue weighted by Crippen LogP contribution is 2.30. The molecule has 0 N–H and O–H groups in total. The highest BCUT2D eigenvalue weighted by molar-refractivity contribution is 6.32. The zero-order chi connectivity index (χ0) is 14.1. The summed E-state index contributed by atoms with van der Waals surface area (Å²) in [6.07, 6.45) is -4.56. The number of carbonyl (C=O) groups is 1. The summed E-state index contributed by atoms with van der Waals surface area (Å²) in [4.78, 5) is 15.2. The zero-order valence-electron chi connectivity index (χ0n) is 10.2. The average molecular weight is 280 g/mol. The van der Waals surface area contributed by atoms with Gasteiger partial charge in [-0.15, -0.1) is 0 Å². The Labute approximate surface area is 108 Å². The second-order valence-electron chi connectivity index (χ2n) is 4.43. The Morgan fingerprint density at radius 1 is 1.28 bits per heavy atom. The lowest BCUT2D eigenvalue weighted by Crippen LogP contribution is -2.18. The van der Waals surface area contributed by atoms with Gasteiger partial charge in [-0.1, -0.05) is 32.4 Å². The van der Waals surface area contributed by atoms with Gasteiger partial charge in [0.1, 0.15) is 10.8 Å². The van der Waals surface area contributed by atoms with Crippen LogP contribution in [0.4, 0.5) is 13.2 Å². The van der Waals surface area contributed by atoms with Crippen molar-refractivity contribution in [3.63, 3.8) is 0 Å². The molecule has 6 heteroatoms. The van der Waals surface area contributed by atoms with Crippen LogP contribution in [0, 0.1) is 11.8 Å². The number of hydrogen-bond acceptors (Lipinski definition) is 2. The van der Waals surface area contributed by atoms with Crippen LogP contribution in [0.25, 0.3) is 0 Å². The number of ketones is 1. The Bertz CT molecular complexity index is 457. The third-order valence-corrected chi connectivity index (χ3v) is 3.11. The molecule has 1 atom stereocenters. The SMILES string of the molecule is CC(C)C(C)C(=O)c1ccc(C(F)(F)F)nc1Cl. The molecule has 1 aromatic rings. The van der Waals surface area contributed by atoms with Gasteiger partial charge in [0.25, 0.3) is 0 Å². The minimum absolute atomic E-state index is 0.0332. The van der Waals surface area contributed by atoms with Crippen molar-refractivity contribution in [2.45, 2.75) is 26.9 Å². The van der Waals surface area contributed by atoms with Crippen LogP contribution in [-0.2, 0) is 6.18 Å². The Morgan fingerprint density at radius 2 is 1.83 bits per heavy atom. The Balaban J connectivity index is 3.11. The maximum Gasteiger partial charge on any atom is 0.433 e. The lowest BCUT2D eigenvalue weighted by atomic mass is 9.90. The minimum Gasteiger partial charge on any atom is -0.294 e. The van der Waals surface area contributed by atoms with Gasteiger partial charge in [-0.25, -0.2) is 4.98 Å². The summed E-state index contributed by atoms with van der Waals surface area (Å²) in [7, 11) is 0. The van der Waals surface area contributed by atoms with Crippen molar-refractivity contribution < 1.29 is 18.0 Å². The number of alkyl halides is 3. The van der Waals surface area contributed by atoms with Gasteiger partial charge < -0.3 is 0 Å². The van der Waals surface area contributed by atoms with Gasteiger partial charge in [0.05, 0.1) is 5.56 Å². The normalized spacial score (nSPS) is 13.8. The predicted octanol–water partition coefficient (Wildman–Crippen LogP) is 4.23. The predicted molar refractivity (Wildman–Crippen MR) is 62.6 cm³/mol. The molecule has 100 valence electrons. The van der Waals surface area contributed by atoms with Crippen molar-refractivity contribution in [1.82, 2.24) is 4.98 Å². The van der Waals surface area contributed by atoms with Crippen molar-refractivity contribution >= 4 is 17.4 Å². The van der Waals surface area contributed by atoms with Crippen molar-refractivity contribution in [3.05, 3.63) is 28.5 Å². The molecule has 0 aliphatic heterocycles. The zero-order valence-corrected chi connectivity index (χ0v) is 10.9. The van der Waals surface area contributed by atoms with Gasteiger partial charge in [0.2, 0.25) is 0 Å². The van der Waals surface area contributed by atoms with E-state index in [4.69, 9.17) is 11.6 Å². The quantitative estimate of drug-likeness (QED) is 0.612. The molecule has 0 aromatic carbocycles. The molecule has 1 heterocycles. The number of carbonyl (C=O) groups excluding carboxylic acids is 1. The molecule has 0 amide bonds. The Hall–Kier alpha value is -1.10. The van der Waals surface area contributed by atoms with E-state index in [1.807, 2.05) is 13.8 Å². The first-order valence-electron chi connectivity index (χ1n) is 5.42. The summed E-state index contributed by atoms with van der Waals surface area (Å²) in [5.74, 6) is -0.534.